The Morgan fingerprint density at radius 3 is 2.71 bits per heavy atom. The van der Waals surface area contributed by atoms with Gasteiger partial charge in [-0.1, -0.05) is 25.7 Å². The minimum atomic E-state index is -3.09. The Bertz CT molecular complexity index is 575. The first-order valence-corrected chi connectivity index (χ1v) is 9.62. The van der Waals surface area contributed by atoms with E-state index in [0.717, 1.165) is 18.7 Å². The molecule has 21 heavy (non-hydrogen) atoms. The van der Waals surface area contributed by atoms with Gasteiger partial charge in [0.15, 0.2) is 0 Å². The standard InChI is InChI=1S/C15H25N3O2S/c1-17-10-8-16-15(17)14-6-9-18(12-14)21(19,20)11-7-13-4-2-3-5-13/h8,10,13-14H,2-7,9,11-12H2,1H3/t14-/m0/s1. The summed E-state index contributed by atoms with van der Waals surface area (Å²) in [5.74, 6) is 2.20. The first kappa shape index (κ1) is 15.0. The number of aryl methyl sites for hydroxylation is 1. The third-order valence-electron chi connectivity index (χ3n) is 5.03. The Hall–Kier alpha value is -0.880. The van der Waals surface area contributed by atoms with Gasteiger partial charge in [-0.15, -0.1) is 0 Å². The van der Waals surface area contributed by atoms with Crippen molar-refractivity contribution in [3.8, 4) is 0 Å². The van der Waals surface area contributed by atoms with E-state index in [0.29, 0.717) is 24.8 Å². The Morgan fingerprint density at radius 1 is 1.29 bits per heavy atom. The molecule has 1 aliphatic heterocycles. The van der Waals surface area contributed by atoms with Crippen LogP contribution >= 0.6 is 0 Å². The minimum absolute atomic E-state index is 0.242. The summed E-state index contributed by atoms with van der Waals surface area (Å²) in [6.45, 7) is 1.24. The third-order valence-corrected chi connectivity index (χ3v) is 6.90. The molecule has 6 heteroatoms. The molecule has 5 nitrogen and oxygen atoms in total. The van der Waals surface area contributed by atoms with Crippen molar-refractivity contribution in [2.75, 3.05) is 18.8 Å². The number of rotatable bonds is 5. The number of hydrogen-bond acceptors (Lipinski definition) is 3. The monoisotopic (exact) mass is 311 g/mol. The summed E-state index contributed by atoms with van der Waals surface area (Å²) in [7, 11) is -1.12. The molecule has 1 aliphatic carbocycles. The minimum Gasteiger partial charge on any atom is -0.338 e. The molecule has 1 saturated heterocycles. The highest BCUT2D eigenvalue weighted by atomic mass is 32.2. The van der Waals surface area contributed by atoms with Crippen LogP contribution in [0.5, 0.6) is 0 Å². The Kier molecular flexibility index (Phi) is 4.36. The van der Waals surface area contributed by atoms with E-state index in [9.17, 15) is 8.42 Å². The molecule has 0 bridgehead atoms. The van der Waals surface area contributed by atoms with E-state index < -0.39 is 10.0 Å². The average Bonchev–Trinajstić information content (AvgIpc) is 3.17. The molecule has 2 aliphatic rings. The van der Waals surface area contributed by atoms with Gasteiger partial charge >= 0.3 is 0 Å². The van der Waals surface area contributed by atoms with Crippen molar-refractivity contribution in [1.82, 2.24) is 13.9 Å². The molecule has 3 rings (SSSR count). The number of nitrogens with zero attached hydrogens (tertiary/aromatic N) is 3. The van der Waals surface area contributed by atoms with Crippen molar-refractivity contribution in [3.63, 3.8) is 0 Å². The number of hydrogen-bond donors (Lipinski definition) is 0. The van der Waals surface area contributed by atoms with Gasteiger partial charge in [0.1, 0.15) is 5.82 Å². The molecule has 118 valence electrons. The maximum absolute atomic E-state index is 12.5. The normalized spacial score (nSPS) is 24.9. The largest absolute Gasteiger partial charge is 0.338 e. The molecule has 1 aromatic heterocycles. The second-order valence-electron chi connectivity index (χ2n) is 6.50. The summed E-state index contributed by atoms with van der Waals surface area (Å²) in [6, 6.07) is 0. The van der Waals surface area contributed by atoms with Crippen LogP contribution in [0, 0.1) is 5.92 Å². The van der Waals surface area contributed by atoms with Crippen LogP contribution in [0.3, 0.4) is 0 Å². The van der Waals surface area contributed by atoms with Crippen LogP contribution < -0.4 is 0 Å². The highest BCUT2D eigenvalue weighted by molar-refractivity contribution is 7.89. The summed E-state index contributed by atoms with van der Waals surface area (Å²) in [5, 5.41) is 0. The van der Waals surface area contributed by atoms with E-state index in [-0.39, 0.29) is 5.92 Å². The fourth-order valence-corrected chi connectivity index (χ4v) is 5.39. The van der Waals surface area contributed by atoms with E-state index in [4.69, 9.17) is 0 Å². The molecular weight excluding hydrogens is 286 g/mol. The second kappa shape index (κ2) is 6.08. The van der Waals surface area contributed by atoms with Crippen LogP contribution in [0.25, 0.3) is 0 Å². The topological polar surface area (TPSA) is 55.2 Å². The van der Waals surface area contributed by atoms with Gasteiger partial charge in [-0.3, -0.25) is 0 Å². The molecular formula is C15H25N3O2S. The van der Waals surface area contributed by atoms with Crippen LogP contribution in [0.15, 0.2) is 12.4 Å². The molecule has 0 radical (unpaired) electrons. The van der Waals surface area contributed by atoms with Gasteiger partial charge in [0, 0.05) is 38.4 Å². The van der Waals surface area contributed by atoms with Gasteiger partial charge in [-0.05, 0) is 18.8 Å². The maximum Gasteiger partial charge on any atom is 0.214 e. The number of imidazole rings is 1. The van der Waals surface area contributed by atoms with Gasteiger partial charge in [-0.25, -0.2) is 17.7 Å². The SMILES string of the molecule is Cn1ccnc1[C@H]1CCN(S(=O)(=O)CCC2CCCC2)C1. The molecule has 0 N–H and O–H groups in total. The van der Waals surface area contributed by atoms with E-state index in [1.807, 2.05) is 17.8 Å². The molecule has 1 aromatic rings. The van der Waals surface area contributed by atoms with Gasteiger partial charge in [0.25, 0.3) is 0 Å². The lowest BCUT2D eigenvalue weighted by molar-refractivity contribution is 0.457. The molecule has 0 aromatic carbocycles. The Labute approximate surface area is 127 Å². The molecule has 0 unspecified atom stereocenters. The molecule has 0 spiro atoms. The predicted octanol–water partition coefficient (Wildman–Crippen LogP) is 2.12. The van der Waals surface area contributed by atoms with Crippen molar-refractivity contribution < 1.29 is 8.42 Å². The second-order valence-corrected chi connectivity index (χ2v) is 8.58. The highest BCUT2D eigenvalue weighted by Crippen LogP contribution is 2.31. The number of sulfonamides is 1. The Morgan fingerprint density at radius 2 is 2.05 bits per heavy atom. The Balaban J connectivity index is 1.58. The summed E-state index contributed by atoms with van der Waals surface area (Å²) < 4.78 is 28.7. The van der Waals surface area contributed by atoms with Gasteiger partial charge in [0.05, 0.1) is 5.75 Å². The first-order valence-electron chi connectivity index (χ1n) is 8.01. The fraction of sp³-hybridized carbons (Fsp3) is 0.800. The van der Waals surface area contributed by atoms with E-state index >= 15 is 0 Å². The maximum atomic E-state index is 12.5. The highest BCUT2D eigenvalue weighted by Gasteiger charge is 2.34. The van der Waals surface area contributed by atoms with Crippen molar-refractivity contribution >= 4 is 10.0 Å². The van der Waals surface area contributed by atoms with E-state index in [1.165, 1.54) is 25.7 Å². The smallest absolute Gasteiger partial charge is 0.214 e. The third kappa shape index (κ3) is 3.31. The molecule has 0 amide bonds. The zero-order valence-electron chi connectivity index (χ0n) is 12.7. The van der Waals surface area contributed by atoms with Crippen molar-refractivity contribution in [3.05, 3.63) is 18.2 Å². The van der Waals surface area contributed by atoms with Gasteiger partial charge in [-0.2, -0.15) is 0 Å². The molecule has 2 fully saturated rings. The van der Waals surface area contributed by atoms with Crippen LogP contribution in [0.1, 0.15) is 50.3 Å². The lowest BCUT2D eigenvalue weighted by Gasteiger charge is -2.18. The molecule has 1 saturated carbocycles. The zero-order chi connectivity index (χ0) is 14.9. The zero-order valence-corrected chi connectivity index (χ0v) is 13.6. The van der Waals surface area contributed by atoms with Gasteiger partial charge in [0.2, 0.25) is 10.0 Å². The van der Waals surface area contributed by atoms with Crippen LogP contribution in [-0.4, -0.2) is 41.1 Å². The summed E-state index contributed by atoms with van der Waals surface area (Å²) >= 11 is 0. The quantitative estimate of drug-likeness (QED) is 0.837. The first-order chi connectivity index (χ1) is 10.1. The van der Waals surface area contributed by atoms with Crippen LogP contribution in [0.2, 0.25) is 0 Å². The van der Waals surface area contributed by atoms with Crippen molar-refractivity contribution in [2.45, 2.75) is 44.4 Å². The van der Waals surface area contributed by atoms with Crippen molar-refractivity contribution in [1.29, 1.82) is 0 Å². The van der Waals surface area contributed by atoms with E-state index in [2.05, 4.69) is 4.98 Å². The lowest BCUT2D eigenvalue weighted by atomic mass is 10.1. The van der Waals surface area contributed by atoms with Gasteiger partial charge < -0.3 is 4.57 Å². The summed E-state index contributed by atoms with van der Waals surface area (Å²) in [5.41, 5.74) is 0. The van der Waals surface area contributed by atoms with Crippen LogP contribution in [0.4, 0.5) is 0 Å². The van der Waals surface area contributed by atoms with Crippen LogP contribution in [-0.2, 0) is 17.1 Å². The lowest BCUT2D eigenvalue weighted by Crippen LogP contribution is -2.31. The number of aromatic nitrogens is 2. The summed E-state index contributed by atoms with van der Waals surface area (Å²) in [4.78, 5) is 4.36. The predicted molar refractivity (Wildman–Crippen MR) is 82.5 cm³/mol. The van der Waals surface area contributed by atoms with Crippen molar-refractivity contribution in [2.24, 2.45) is 13.0 Å². The fourth-order valence-electron chi connectivity index (χ4n) is 3.71. The average molecular weight is 311 g/mol. The van der Waals surface area contributed by atoms with E-state index in [1.54, 1.807) is 10.5 Å². The molecule has 2 heterocycles. The molecule has 1 atom stereocenters. The summed E-state index contributed by atoms with van der Waals surface area (Å²) in [6.07, 6.45) is 10.4.